The molecule has 0 heterocycles. The van der Waals surface area contributed by atoms with Crippen molar-refractivity contribution >= 4 is 11.8 Å². The molecule has 0 aromatic carbocycles. The Kier molecular flexibility index (Phi) is 4.54. The summed E-state index contributed by atoms with van der Waals surface area (Å²) in [5, 5.41) is 32.1. The molecule has 4 rings (SSSR count). The maximum Gasteiger partial charge on any atom is 0.302 e. The molecule has 8 atom stereocenters. The Morgan fingerprint density at radius 1 is 1.21 bits per heavy atom. The third kappa shape index (κ3) is 2.43. The van der Waals surface area contributed by atoms with Gasteiger partial charge in [0.15, 0.2) is 0 Å². The summed E-state index contributed by atoms with van der Waals surface area (Å²) in [6.45, 7) is 5.24. The second-order valence-electron chi connectivity index (χ2n) is 10.6. The van der Waals surface area contributed by atoms with E-state index >= 15 is 0 Å². The van der Waals surface area contributed by atoms with Crippen molar-refractivity contribution in [2.75, 3.05) is 13.2 Å². The molecule has 1 spiro atoms. The molecule has 0 aliphatic heterocycles. The normalized spacial score (nSPS) is 52.7. The minimum Gasteiger partial charge on any atom is -0.463 e. The molecular weight excluding hydrogens is 360 g/mol. The second kappa shape index (κ2) is 6.26. The van der Waals surface area contributed by atoms with Crippen LogP contribution < -0.4 is 0 Å². The number of carbonyl (C=O) groups excluding carboxylic acids is 2. The van der Waals surface area contributed by atoms with Gasteiger partial charge in [0.25, 0.3) is 0 Å². The number of Topliss-reactive ketones (excluding diaryl/α,β-unsaturated/α-hetero) is 1. The number of rotatable bonds is 3. The van der Waals surface area contributed by atoms with Crippen LogP contribution in [0, 0.1) is 34.0 Å². The molecule has 0 unspecified atom stereocenters. The average molecular weight is 395 g/mol. The molecule has 4 saturated carbocycles. The molecule has 0 aromatic heterocycles. The van der Waals surface area contributed by atoms with Crippen LogP contribution in [0.2, 0.25) is 0 Å². The summed E-state index contributed by atoms with van der Waals surface area (Å²) >= 11 is 0. The smallest absolute Gasteiger partial charge is 0.302 e. The maximum absolute atomic E-state index is 13.3. The van der Waals surface area contributed by atoms with E-state index in [0.29, 0.717) is 19.3 Å². The van der Waals surface area contributed by atoms with Gasteiger partial charge in [-0.3, -0.25) is 9.59 Å². The zero-order valence-electron chi connectivity index (χ0n) is 17.2. The molecule has 3 N–H and O–H groups in total. The van der Waals surface area contributed by atoms with Gasteiger partial charge in [-0.1, -0.05) is 13.8 Å². The molecule has 6 nitrogen and oxygen atoms in total. The van der Waals surface area contributed by atoms with Gasteiger partial charge in [0.05, 0.1) is 12.7 Å². The van der Waals surface area contributed by atoms with Gasteiger partial charge in [0, 0.05) is 24.7 Å². The lowest BCUT2D eigenvalue weighted by atomic mass is 9.39. The van der Waals surface area contributed by atoms with Crippen LogP contribution in [0.25, 0.3) is 0 Å². The molecule has 0 saturated heterocycles. The first kappa shape index (κ1) is 20.3. The zero-order chi connectivity index (χ0) is 20.5. The Hall–Kier alpha value is -0.980. The molecule has 2 bridgehead atoms. The first-order valence-corrected chi connectivity index (χ1v) is 10.7. The van der Waals surface area contributed by atoms with Gasteiger partial charge in [-0.2, -0.15) is 0 Å². The Bertz CT molecular complexity index is 693. The van der Waals surface area contributed by atoms with E-state index in [1.807, 2.05) is 6.92 Å². The summed E-state index contributed by atoms with van der Waals surface area (Å²) in [4.78, 5) is 24.6. The number of aliphatic hydroxyl groups excluding tert-OH is 2. The Morgan fingerprint density at radius 3 is 2.57 bits per heavy atom. The van der Waals surface area contributed by atoms with Gasteiger partial charge in [-0.25, -0.2) is 0 Å². The van der Waals surface area contributed by atoms with Crippen molar-refractivity contribution in [2.24, 2.45) is 34.0 Å². The summed E-state index contributed by atoms with van der Waals surface area (Å²) in [6.07, 6.45) is 4.12. The van der Waals surface area contributed by atoms with Gasteiger partial charge in [-0.05, 0) is 61.2 Å². The highest BCUT2D eigenvalue weighted by Crippen LogP contribution is 2.74. The minimum atomic E-state index is -1.02. The SMILES string of the molecule is CC(=O)OC[C@@]1(O)CC[C@]23C[C@H]1C[C@@H]2CC(=O)[C@H]1[C@](C)(CO)[C@H](O)CC[C@@]13C. The highest BCUT2D eigenvalue weighted by molar-refractivity contribution is 5.85. The Morgan fingerprint density at radius 2 is 1.93 bits per heavy atom. The lowest BCUT2D eigenvalue weighted by Gasteiger charge is -2.65. The lowest BCUT2D eigenvalue weighted by Crippen LogP contribution is -2.66. The van der Waals surface area contributed by atoms with E-state index in [0.717, 1.165) is 25.7 Å². The van der Waals surface area contributed by atoms with Crippen LogP contribution in [0.5, 0.6) is 0 Å². The maximum atomic E-state index is 13.3. The van der Waals surface area contributed by atoms with Gasteiger partial charge in [0.2, 0.25) is 0 Å². The van der Waals surface area contributed by atoms with Crippen molar-refractivity contribution in [2.45, 2.75) is 77.4 Å². The highest BCUT2D eigenvalue weighted by atomic mass is 16.5. The van der Waals surface area contributed by atoms with E-state index in [4.69, 9.17) is 4.74 Å². The Labute approximate surface area is 166 Å². The van der Waals surface area contributed by atoms with Gasteiger partial charge < -0.3 is 20.1 Å². The molecule has 4 aliphatic rings. The molecule has 28 heavy (non-hydrogen) atoms. The van der Waals surface area contributed by atoms with Crippen LogP contribution in [0.4, 0.5) is 0 Å². The standard InChI is InChI=1S/C22H34O6/c1-13(24)28-12-22(27)7-6-21-10-15(22)8-14(21)9-16(25)18-19(2,11-23)17(26)4-5-20(18,21)3/h14-15,17-18,23,26-27H,4-12H2,1-3H3/t14-,15-,17-,18+,19-,20+,21+,22+/m1/s1. The van der Waals surface area contributed by atoms with Gasteiger partial charge in [0.1, 0.15) is 18.0 Å². The first-order valence-electron chi connectivity index (χ1n) is 10.7. The van der Waals surface area contributed by atoms with Crippen LogP contribution in [-0.4, -0.2) is 52.0 Å². The molecule has 0 radical (unpaired) electrons. The van der Waals surface area contributed by atoms with Crippen LogP contribution >= 0.6 is 0 Å². The van der Waals surface area contributed by atoms with Crippen molar-refractivity contribution in [3.63, 3.8) is 0 Å². The van der Waals surface area contributed by atoms with Gasteiger partial charge in [-0.15, -0.1) is 0 Å². The van der Waals surface area contributed by atoms with Crippen molar-refractivity contribution < 1.29 is 29.6 Å². The Balaban J connectivity index is 1.70. The van der Waals surface area contributed by atoms with Gasteiger partial charge >= 0.3 is 5.97 Å². The largest absolute Gasteiger partial charge is 0.463 e. The summed E-state index contributed by atoms with van der Waals surface area (Å²) in [6, 6.07) is 0. The molecule has 158 valence electrons. The van der Waals surface area contributed by atoms with Crippen LogP contribution in [-0.2, 0) is 14.3 Å². The predicted octanol–water partition coefficient (Wildman–Crippen LogP) is 1.84. The lowest BCUT2D eigenvalue weighted by molar-refractivity contribution is -0.213. The molecule has 0 amide bonds. The third-order valence-electron chi connectivity index (χ3n) is 9.49. The summed E-state index contributed by atoms with van der Waals surface area (Å²) in [5.74, 6) is -0.351. The average Bonchev–Trinajstić information content (AvgIpc) is 2.97. The number of ether oxygens (including phenoxy) is 1. The van der Waals surface area contributed by atoms with E-state index in [9.17, 15) is 24.9 Å². The van der Waals surface area contributed by atoms with E-state index in [2.05, 4.69) is 6.92 Å². The highest BCUT2D eigenvalue weighted by Gasteiger charge is 2.72. The number of esters is 1. The number of aliphatic hydroxyl groups is 3. The van der Waals surface area contributed by atoms with E-state index in [-0.39, 0.29) is 53.6 Å². The minimum absolute atomic E-state index is 0.0150. The fraction of sp³-hybridized carbons (Fsp3) is 0.909. The van der Waals surface area contributed by atoms with Crippen molar-refractivity contribution in [1.82, 2.24) is 0 Å². The zero-order valence-corrected chi connectivity index (χ0v) is 17.2. The van der Waals surface area contributed by atoms with Crippen molar-refractivity contribution in [1.29, 1.82) is 0 Å². The van der Waals surface area contributed by atoms with E-state index in [1.54, 1.807) is 0 Å². The molecule has 6 heteroatoms. The topological polar surface area (TPSA) is 104 Å². The fourth-order valence-electron chi connectivity index (χ4n) is 7.95. The predicted molar refractivity (Wildman–Crippen MR) is 101 cm³/mol. The van der Waals surface area contributed by atoms with Crippen LogP contribution in [0.3, 0.4) is 0 Å². The summed E-state index contributed by atoms with van der Waals surface area (Å²) in [5.41, 5.74) is -2.18. The first-order chi connectivity index (χ1) is 13.0. The van der Waals surface area contributed by atoms with Crippen LogP contribution in [0.15, 0.2) is 0 Å². The van der Waals surface area contributed by atoms with E-state index in [1.165, 1.54) is 6.92 Å². The van der Waals surface area contributed by atoms with Crippen molar-refractivity contribution in [3.8, 4) is 0 Å². The monoisotopic (exact) mass is 394 g/mol. The summed E-state index contributed by atoms with van der Waals surface area (Å²) in [7, 11) is 0. The number of ketones is 1. The molecular formula is C22H34O6. The van der Waals surface area contributed by atoms with Crippen molar-refractivity contribution in [3.05, 3.63) is 0 Å². The molecule has 4 aliphatic carbocycles. The van der Waals surface area contributed by atoms with E-state index < -0.39 is 17.1 Å². The molecule has 0 aromatic rings. The number of hydrogen-bond donors (Lipinski definition) is 3. The number of carbonyl (C=O) groups is 2. The number of hydrogen-bond acceptors (Lipinski definition) is 6. The second-order valence-corrected chi connectivity index (χ2v) is 10.6. The summed E-state index contributed by atoms with van der Waals surface area (Å²) < 4.78 is 5.18. The molecule has 4 fully saturated rings. The van der Waals surface area contributed by atoms with Crippen LogP contribution in [0.1, 0.15) is 65.7 Å². The third-order valence-corrected chi connectivity index (χ3v) is 9.49. The quantitative estimate of drug-likeness (QED) is 0.631. The number of fused-ring (bicyclic) bond motifs is 2. The fourth-order valence-corrected chi connectivity index (χ4v) is 7.95.